The van der Waals surface area contributed by atoms with Gasteiger partial charge in [-0.2, -0.15) is 0 Å². The molecule has 1 aliphatic heterocycles. The molecule has 0 saturated heterocycles. The molecule has 0 amide bonds. The van der Waals surface area contributed by atoms with E-state index < -0.39 is 0 Å². The van der Waals surface area contributed by atoms with E-state index in [1.165, 1.54) is 62.6 Å². The van der Waals surface area contributed by atoms with Gasteiger partial charge < -0.3 is 42.8 Å². The number of aromatic nitrogens is 1. The third-order valence-corrected chi connectivity index (χ3v) is 28.1. The summed E-state index contributed by atoms with van der Waals surface area (Å²) < 4.78 is 18.3. The number of rotatable bonds is 19. The van der Waals surface area contributed by atoms with E-state index in [0.717, 1.165) is 163 Å². The van der Waals surface area contributed by atoms with Crippen LogP contribution < -0.4 is 29.4 Å². The van der Waals surface area contributed by atoms with Gasteiger partial charge in [0.25, 0.3) is 0 Å². The number of nitrogens with zero attached hydrogens (tertiary/aromatic N) is 7. The van der Waals surface area contributed by atoms with Crippen molar-refractivity contribution in [2.75, 3.05) is 29.4 Å². The third-order valence-electron chi connectivity index (χ3n) is 25.9. The van der Waals surface area contributed by atoms with Gasteiger partial charge in [0.15, 0.2) is 0 Å². The Morgan fingerprint density at radius 1 is 0.178 bits per heavy atom. The minimum absolute atomic E-state index is 0.818. The van der Waals surface area contributed by atoms with Gasteiger partial charge in [0.05, 0.1) is 11.0 Å². The lowest BCUT2D eigenvalue weighted by Gasteiger charge is -2.28. The minimum Gasteiger partial charge on any atom is -0.456 e. The summed E-state index contributed by atoms with van der Waals surface area (Å²) in [4.78, 5) is 16.5. The quantitative estimate of drug-likeness (QED) is 0.0788. The number of furan rings is 2. The number of thiophene rings is 1. The van der Waals surface area contributed by atoms with Crippen molar-refractivity contribution in [3.63, 3.8) is 0 Å². The molecule has 0 N–H and O–H groups in total. The van der Waals surface area contributed by atoms with Gasteiger partial charge in [-0.05, 0) is 277 Å². The molecule has 0 spiro atoms. The molecule has 9 nitrogen and oxygen atoms in total. The van der Waals surface area contributed by atoms with Gasteiger partial charge in [-0.15, -0.1) is 11.3 Å². The van der Waals surface area contributed by atoms with Gasteiger partial charge in [0, 0.05) is 188 Å². The van der Waals surface area contributed by atoms with Gasteiger partial charge in [-0.3, -0.25) is 0 Å². The smallest absolute Gasteiger partial charge is 0.137 e. The fourth-order valence-electron chi connectivity index (χ4n) is 19.8. The van der Waals surface area contributed by atoms with Crippen LogP contribution in [0, 0.1) is 0 Å². The van der Waals surface area contributed by atoms with Crippen LogP contribution in [-0.2, 0) is 0 Å². The van der Waals surface area contributed by atoms with Gasteiger partial charge in [0.1, 0.15) is 22.3 Å². The maximum absolute atomic E-state index is 6.74. The summed E-state index contributed by atoms with van der Waals surface area (Å²) in [6.45, 7) is 0. The van der Waals surface area contributed by atoms with Crippen LogP contribution in [0.1, 0.15) is 0 Å². The highest BCUT2D eigenvalue weighted by Crippen LogP contribution is 2.53. The average Bonchev–Trinajstić information content (AvgIpc) is 1.64. The van der Waals surface area contributed by atoms with Crippen molar-refractivity contribution in [3.05, 3.63) is 504 Å². The fourth-order valence-corrected chi connectivity index (χ4v) is 22.1. The Labute approximate surface area is 789 Å². The van der Waals surface area contributed by atoms with Gasteiger partial charge in [-0.1, -0.05) is 242 Å². The molecule has 25 aromatic rings. The van der Waals surface area contributed by atoms with Crippen LogP contribution in [0.25, 0.3) is 113 Å². The molecule has 0 saturated carbocycles. The molecule has 1 aliphatic rings. The number of fused-ring (bicyclic) bond motifs is 14. The molecule has 11 heteroatoms. The SMILES string of the molecule is c1ccc(N(c2ccccc2)c2ccc3c(c2)oc2ccc(N(c4ccccc4)c4ccc5c(c4)oc4ccc(N(c6ccccc6)c6ccc7c(c6)Sc6cccc8cccc-7c68)cc45)cc23)cc1.c1ccc(N(c2ccccc2)c2ccc3c(c2)sc2ccc(N(c4ccccc4)c4ccc5c6cc(N(c7ccccc7)c7ccccc7)ccc6n(-c6ccccc6)c5c4)cc23)cc1. The first kappa shape index (κ1) is 79.8. The second-order valence-electron chi connectivity index (χ2n) is 33.9. The zero-order valence-electron chi connectivity index (χ0n) is 73.2. The Kier molecular flexibility index (Phi) is 20.2. The lowest BCUT2D eigenvalue weighted by Crippen LogP contribution is -2.10. The molecule has 0 fully saturated rings. The van der Waals surface area contributed by atoms with Gasteiger partial charge in [0.2, 0.25) is 0 Å². The molecule has 0 radical (unpaired) electrons. The molecule has 135 heavy (non-hydrogen) atoms. The molecule has 0 unspecified atom stereocenters. The Hall–Kier alpha value is -17.4. The number of para-hydroxylation sites is 10. The Morgan fingerprint density at radius 2 is 0.511 bits per heavy atom. The predicted octanol–water partition coefficient (Wildman–Crippen LogP) is 36.7. The van der Waals surface area contributed by atoms with Crippen LogP contribution in [0.3, 0.4) is 0 Å². The Morgan fingerprint density at radius 3 is 0.956 bits per heavy atom. The fraction of sp³-hybridized carbons (Fsp3) is 0. The van der Waals surface area contributed by atoms with Crippen LogP contribution in [0.2, 0.25) is 0 Å². The predicted molar refractivity (Wildman–Crippen MR) is 570 cm³/mol. The molecule has 0 bridgehead atoms. The van der Waals surface area contributed by atoms with E-state index in [4.69, 9.17) is 8.83 Å². The summed E-state index contributed by atoms with van der Waals surface area (Å²) in [5.41, 5.74) is 28.8. The molecular weight excluding hydrogens is 1680 g/mol. The highest BCUT2D eigenvalue weighted by Gasteiger charge is 2.28. The van der Waals surface area contributed by atoms with Crippen LogP contribution in [-0.4, -0.2) is 4.57 Å². The average molecular weight is 1770 g/mol. The Bertz CT molecular complexity index is 8600. The zero-order valence-corrected chi connectivity index (χ0v) is 74.8. The first-order valence-corrected chi connectivity index (χ1v) is 47.2. The van der Waals surface area contributed by atoms with Crippen molar-refractivity contribution in [2.24, 2.45) is 0 Å². The van der Waals surface area contributed by atoms with Crippen molar-refractivity contribution in [3.8, 4) is 16.8 Å². The van der Waals surface area contributed by atoms with Crippen molar-refractivity contribution in [1.82, 2.24) is 4.57 Å². The first-order valence-electron chi connectivity index (χ1n) is 45.6. The highest BCUT2D eigenvalue weighted by molar-refractivity contribution is 7.99. The summed E-state index contributed by atoms with van der Waals surface area (Å²) in [5, 5.41) is 11.7. The zero-order chi connectivity index (χ0) is 89.2. The number of anilines is 18. The first-order chi connectivity index (χ1) is 66.9. The number of hydrogen-bond acceptors (Lipinski definition) is 10. The highest BCUT2D eigenvalue weighted by atomic mass is 32.2. The second kappa shape index (κ2) is 34.2. The van der Waals surface area contributed by atoms with E-state index in [9.17, 15) is 0 Å². The van der Waals surface area contributed by atoms with E-state index in [2.05, 4.69) is 525 Å². The van der Waals surface area contributed by atoms with E-state index in [1.807, 2.05) is 35.2 Å². The lowest BCUT2D eigenvalue weighted by atomic mass is 9.97. The molecular formula is C124H83N7O2S2. The van der Waals surface area contributed by atoms with E-state index in [0.29, 0.717) is 0 Å². The normalized spacial score (nSPS) is 11.7. The Balaban J connectivity index is 0.000000144. The van der Waals surface area contributed by atoms with Crippen molar-refractivity contribution in [2.45, 2.75) is 9.79 Å². The molecule has 0 atom stereocenters. The summed E-state index contributed by atoms with van der Waals surface area (Å²) in [6.07, 6.45) is 0. The molecule has 26 rings (SSSR count). The third kappa shape index (κ3) is 14.6. The van der Waals surface area contributed by atoms with Crippen molar-refractivity contribution >= 4 is 222 Å². The largest absolute Gasteiger partial charge is 0.456 e. The minimum atomic E-state index is 0.818. The monoisotopic (exact) mass is 1770 g/mol. The maximum atomic E-state index is 6.74. The molecule has 4 aromatic heterocycles. The standard InChI is InChI=1S/C64H41N3O2S.C60H42N4S/c1-5-17-43(18-6-1)65(44-19-7-2-8-20-44)49-27-32-52-56-37-47(30-35-58(56)68-60(52)39-49)66(45-21-9-3-10-22-45)50-28-33-53-57-38-48(31-36-59(57)69-61(53)40-50)67(46-23-11-4-12-24-46)51-29-34-54-55-25-13-15-42-16-14-26-62(64(42)55)70-63(54)41-51;1-7-19-43(20-8-1)61(44-21-9-2-10-22-44)49-33-37-57-55(39-49)53-35-31-51(41-58(53)64(57)48-29-17-6-18-30-48)63(47-27-15-5-16-28-47)50-34-38-59-56(40-50)54-36-32-52(42-60(54)65-59)62(45-23-11-3-12-24-45)46-25-13-4-14-26-46/h1-41H;1-42H. The van der Waals surface area contributed by atoms with Crippen LogP contribution in [0.4, 0.5) is 102 Å². The van der Waals surface area contributed by atoms with Crippen LogP contribution >= 0.6 is 23.1 Å². The van der Waals surface area contributed by atoms with Crippen molar-refractivity contribution in [1.29, 1.82) is 0 Å². The number of hydrogen-bond donors (Lipinski definition) is 0. The maximum Gasteiger partial charge on any atom is 0.137 e. The van der Waals surface area contributed by atoms with E-state index in [1.54, 1.807) is 0 Å². The molecule has 21 aromatic carbocycles. The molecule has 638 valence electrons. The van der Waals surface area contributed by atoms with Gasteiger partial charge in [-0.25, -0.2) is 0 Å². The second-order valence-corrected chi connectivity index (χ2v) is 36.1. The summed E-state index contributed by atoms with van der Waals surface area (Å²) in [7, 11) is 0. The summed E-state index contributed by atoms with van der Waals surface area (Å²) in [5.74, 6) is 0. The molecule has 5 heterocycles. The lowest BCUT2D eigenvalue weighted by molar-refractivity contribution is 0.668. The van der Waals surface area contributed by atoms with E-state index in [-0.39, 0.29) is 0 Å². The summed E-state index contributed by atoms with van der Waals surface area (Å²) >= 11 is 3.70. The van der Waals surface area contributed by atoms with Gasteiger partial charge >= 0.3 is 0 Å². The van der Waals surface area contributed by atoms with Crippen LogP contribution in [0.15, 0.2) is 522 Å². The van der Waals surface area contributed by atoms with E-state index >= 15 is 0 Å². The summed E-state index contributed by atoms with van der Waals surface area (Å²) in [6, 6.07) is 180. The topological polar surface area (TPSA) is 50.7 Å². The van der Waals surface area contributed by atoms with Crippen LogP contribution in [0.5, 0.6) is 0 Å². The number of benzene rings is 21. The van der Waals surface area contributed by atoms with Crippen molar-refractivity contribution < 1.29 is 8.83 Å². The molecule has 0 aliphatic carbocycles.